The van der Waals surface area contributed by atoms with Gasteiger partial charge in [-0.3, -0.25) is 9.69 Å². The summed E-state index contributed by atoms with van der Waals surface area (Å²) in [4.78, 5) is 14.6. The van der Waals surface area contributed by atoms with Gasteiger partial charge in [0.1, 0.15) is 5.75 Å². The van der Waals surface area contributed by atoms with Gasteiger partial charge in [0.25, 0.3) is 5.91 Å². The number of nitrogens with one attached hydrogen (secondary N) is 1. The van der Waals surface area contributed by atoms with E-state index in [-0.39, 0.29) is 12.5 Å². The third kappa shape index (κ3) is 6.58. The molecule has 1 heterocycles. The Hall–Kier alpha value is -2.37. The van der Waals surface area contributed by atoms with Gasteiger partial charge in [0, 0.05) is 26.2 Å². The quantitative estimate of drug-likeness (QED) is 0.740. The fraction of sp³-hybridized carbons (Fsp3) is 0.458. The summed E-state index contributed by atoms with van der Waals surface area (Å²) in [6.45, 7) is 11.3. The maximum atomic E-state index is 12.2. The number of hydrogen-bond donors (Lipinski definition) is 1. The summed E-state index contributed by atoms with van der Waals surface area (Å²) >= 11 is 0. The molecule has 2 aromatic rings. The van der Waals surface area contributed by atoms with Crippen LogP contribution < -0.4 is 10.1 Å². The minimum Gasteiger partial charge on any atom is -0.483 e. The van der Waals surface area contributed by atoms with Crippen molar-refractivity contribution in [2.45, 2.75) is 39.8 Å². The molecule has 3 rings (SSSR count). The van der Waals surface area contributed by atoms with Crippen molar-refractivity contribution < 1.29 is 14.3 Å². The number of hydrogen-bond acceptors (Lipinski definition) is 4. The zero-order valence-corrected chi connectivity index (χ0v) is 17.7. The monoisotopic (exact) mass is 396 g/mol. The molecular weight excluding hydrogens is 364 g/mol. The number of rotatable bonds is 8. The van der Waals surface area contributed by atoms with Crippen LogP contribution in [-0.2, 0) is 22.6 Å². The Bertz CT molecular complexity index is 796. The predicted octanol–water partition coefficient (Wildman–Crippen LogP) is 3.65. The van der Waals surface area contributed by atoms with Crippen LogP contribution in [-0.4, -0.2) is 43.7 Å². The van der Waals surface area contributed by atoms with Crippen LogP contribution in [0.3, 0.4) is 0 Å². The number of ether oxygens (including phenoxy) is 2. The number of amides is 1. The second kappa shape index (κ2) is 10.4. The summed E-state index contributed by atoms with van der Waals surface area (Å²) in [5, 5.41) is 2.94. The summed E-state index contributed by atoms with van der Waals surface area (Å²) in [5.41, 5.74) is 4.62. The molecule has 0 spiro atoms. The molecule has 0 radical (unpaired) electrons. The highest BCUT2D eigenvalue weighted by molar-refractivity contribution is 5.77. The summed E-state index contributed by atoms with van der Waals surface area (Å²) in [5.74, 6) is 1.03. The van der Waals surface area contributed by atoms with E-state index in [2.05, 4.69) is 60.5 Å². The average molecular weight is 397 g/mol. The van der Waals surface area contributed by atoms with E-state index in [1.165, 1.54) is 5.56 Å². The van der Waals surface area contributed by atoms with E-state index in [4.69, 9.17) is 9.47 Å². The fourth-order valence-corrected chi connectivity index (χ4v) is 3.42. The van der Waals surface area contributed by atoms with Crippen LogP contribution in [0.5, 0.6) is 5.75 Å². The van der Waals surface area contributed by atoms with Crippen molar-refractivity contribution in [3.63, 3.8) is 0 Å². The molecule has 0 aromatic heterocycles. The molecule has 0 aliphatic carbocycles. The lowest BCUT2D eigenvalue weighted by Gasteiger charge is -2.26. The average Bonchev–Trinajstić information content (AvgIpc) is 2.72. The molecule has 156 valence electrons. The molecule has 29 heavy (non-hydrogen) atoms. The maximum Gasteiger partial charge on any atom is 0.258 e. The van der Waals surface area contributed by atoms with Crippen molar-refractivity contribution in [3.05, 3.63) is 64.7 Å². The predicted molar refractivity (Wildman–Crippen MR) is 115 cm³/mol. The van der Waals surface area contributed by atoms with Gasteiger partial charge in [-0.2, -0.15) is 0 Å². The van der Waals surface area contributed by atoms with Gasteiger partial charge >= 0.3 is 0 Å². The van der Waals surface area contributed by atoms with Crippen LogP contribution in [0.1, 0.15) is 42.0 Å². The first-order valence-corrected chi connectivity index (χ1v) is 10.4. The van der Waals surface area contributed by atoms with Gasteiger partial charge in [0.2, 0.25) is 0 Å². The highest BCUT2D eigenvalue weighted by atomic mass is 16.5. The Morgan fingerprint density at radius 2 is 1.79 bits per heavy atom. The first-order valence-electron chi connectivity index (χ1n) is 10.4. The number of carbonyl (C=O) groups is 1. The van der Waals surface area contributed by atoms with Crippen molar-refractivity contribution in [1.29, 1.82) is 0 Å². The SMILES string of the molecule is Cc1ccc(C(C)C)c(OCC(=O)NCc2ccc(CN3CCOCC3)cc2)c1. The third-order valence-electron chi connectivity index (χ3n) is 5.17. The molecular formula is C24H32N2O3. The standard InChI is InChI=1S/C24H32N2O3/c1-18(2)22-9-4-19(3)14-23(22)29-17-24(27)25-15-20-5-7-21(8-6-20)16-26-10-12-28-13-11-26/h4-9,14,18H,10-13,15-17H2,1-3H3,(H,25,27). The van der Waals surface area contributed by atoms with Crippen molar-refractivity contribution in [1.82, 2.24) is 10.2 Å². The van der Waals surface area contributed by atoms with Gasteiger partial charge < -0.3 is 14.8 Å². The Morgan fingerprint density at radius 1 is 1.10 bits per heavy atom. The highest BCUT2D eigenvalue weighted by Crippen LogP contribution is 2.27. The molecule has 1 aliphatic rings. The van der Waals surface area contributed by atoms with E-state index in [1.807, 2.05) is 13.0 Å². The van der Waals surface area contributed by atoms with Crippen LogP contribution >= 0.6 is 0 Å². The van der Waals surface area contributed by atoms with Crippen molar-refractivity contribution >= 4 is 5.91 Å². The van der Waals surface area contributed by atoms with Crippen LogP contribution in [0, 0.1) is 6.92 Å². The van der Waals surface area contributed by atoms with E-state index in [0.29, 0.717) is 12.5 Å². The zero-order chi connectivity index (χ0) is 20.6. The molecule has 1 aliphatic heterocycles. The van der Waals surface area contributed by atoms with E-state index < -0.39 is 0 Å². The van der Waals surface area contributed by atoms with Gasteiger partial charge in [-0.15, -0.1) is 0 Å². The normalized spacial score (nSPS) is 14.8. The number of nitrogens with zero attached hydrogens (tertiary/aromatic N) is 1. The summed E-state index contributed by atoms with van der Waals surface area (Å²) in [6, 6.07) is 14.6. The van der Waals surface area contributed by atoms with Gasteiger partial charge in [-0.1, -0.05) is 50.2 Å². The number of morpholine rings is 1. The van der Waals surface area contributed by atoms with Crippen molar-refractivity contribution in [3.8, 4) is 5.75 Å². The van der Waals surface area contributed by atoms with E-state index in [0.717, 1.165) is 55.3 Å². The largest absolute Gasteiger partial charge is 0.483 e. The summed E-state index contributed by atoms with van der Waals surface area (Å²) in [6.07, 6.45) is 0. The Kier molecular flexibility index (Phi) is 7.67. The molecule has 5 nitrogen and oxygen atoms in total. The molecule has 0 saturated carbocycles. The fourth-order valence-electron chi connectivity index (χ4n) is 3.42. The third-order valence-corrected chi connectivity index (χ3v) is 5.17. The van der Waals surface area contributed by atoms with Crippen molar-refractivity contribution in [2.24, 2.45) is 0 Å². The molecule has 0 bridgehead atoms. The smallest absolute Gasteiger partial charge is 0.258 e. The molecule has 1 N–H and O–H groups in total. The first kappa shape index (κ1) is 21.3. The molecule has 1 fully saturated rings. The van der Waals surface area contributed by atoms with Crippen molar-refractivity contribution in [2.75, 3.05) is 32.9 Å². The lowest BCUT2D eigenvalue weighted by Crippen LogP contribution is -2.35. The second-order valence-electron chi connectivity index (χ2n) is 7.97. The van der Waals surface area contributed by atoms with Crippen LogP contribution in [0.15, 0.2) is 42.5 Å². The highest BCUT2D eigenvalue weighted by Gasteiger charge is 2.12. The van der Waals surface area contributed by atoms with E-state index in [1.54, 1.807) is 0 Å². The van der Waals surface area contributed by atoms with Gasteiger partial charge in [0.15, 0.2) is 6.61 Å². The van der Waals surface area contributed by atoms with E-state index >= 15 is 0 Å². The number of benzene rings is 2. The number of carbonyl (C=O) groups excluding carboxylic acids is 1. The Labute approximate surface area is 174 Å². The van der Waals surface area contributed by atoms with Crippen LogP contribution in [0.4, 0.5) is 0 Å². The van der Waals surface area contributed by atoms with Crippen LogP contribution in [0.25, 0.3) is 0 Å². The lowest BCUT2D eigenvalue weighted by atomic mass is 10.0. The first-order chi connectivity index (χ1) is 14.0. The van der Waals surface area contributed by atoms with Gasteiger partial charge in [-0.25, -0.2) is 0 Å². The number of aryl methyl sites for hydroxylation is 1. The Morgan fingerprint density at radius 3 is 2.48 bits per heavy atom. The summed E-state index contributed by atoms with van der Waals surface area (Å²) < 4.78 is 11.2. The summed E-state index contributed by atoms with van der Waals surface area (Å²) in [7, 11) is 0. The molecule has 1 amide bonds. The second-order valence-corrected chi connectivity index (χ2v) is 7.97. The van der Waals surface area contributed by atoms with Gasteiger partial charge in [-0.05, 0) is 41.2 Å². The topological polar surface area (TPSA) is 50.8 Å². The minimum absolute atomic E-state index is 0.0261. The van der Waals surface area contributed by atoms with Crippen LogP contribution in [0.2, 0.25) is 0 Å². The van der Waals surface area contributed by atoms with Gasteiger partial charge in [0.05, 0.1) is 13.2 Å². The minimum atomic E-state index is -0.112. The molecule has 5 heteroatoms. The molecule has 2 aromatic carbocycles. The molecule has 0 unspecified atom stereocenters. The zero-order valence-electron chi connectivity index (χ0n) is 17.7. The molecule has 1 saturated heterocycles. The lowest BCUT2D eigenvalue weighted by molar-refractivity contribution is -0.123. The molecule has 0 atom stereocenters. The Balaban J connectivity index is 1.45. The van der Waals surface area contributed by atoms with E-state index in [9.17, 15) is 4.79 Å². The maximum absolute atomic E-state index is 12.2.